The van der Waals surface area contributed by atoms with Gasteiger partial charge in [0.05, 0.1) is 0 Å². The van der Waals surface area contributed by atoms with Crippen molar-refractivity contribution in [3.05, 3.63) is 0 Å². The van der Waals surface area contributed by atoms with Crippen molar-refractivity contribution in [3.63, 3.8) is 0 Å². The molecule has 3 N–H and O–H groups in total. The van der Waals surface area contributed by atoms with Crippen LogP contribution in [0.25, 0.3) is 0 Å². The Labute approximate surface area is 86.6 Å². The van der Waals surface area contributed by atoms with Gasteiger partial charge in [-0.25, -0.2) is 0 Å². The number of rotatable bonds is 3. The summed E-state index contributed by atoms with van der Waals surface area (Å²) in [7, 11) is 6.00. The van der Waals surface area contributed by atoms with Crippen LogP contribution in [0, 0.1) is 0 Å². The molecule has 1 saturated heterocycles. The molecule has 0 aromatic carbocycles. The second-order valence-electron chi connectivity index (χ2n) is 2.27. The van der Waals surface area contributed by atoms with E-state index in [1.165, 1.54) is 0 Å². The maximum atomic E-state index is 3.27. The van der Waals surface area contributed by atoms with Crippen molar-refractivity contribution in [3.8, 4) is 0 Å². The molecule has 72 valence electrons. The maximum Gasteiger partial charge on any atom is 0.105 e. The molecule has 0 saturated carbocycles. The minimum atomic E-state index is 0.487. The quantitative estimate of drug-likeness (QED) is 0.657. The van der Waals surface area contributed by atoms with Crippen LogP contribution < -0.4 is 16.0 Å². The van der Waals surface area contributed by atoms with Crippen molar-refractivity contribution in [2.75, 3.05) is 21.1 Å². The molecule has 1 heterocycles. The van der Waals surface area contributed by atoms with Gasteiger partial charge in [0.1, 0.15) is 14.1 Å². The molecule has 0 aliphatic carbocycles. The predicted molar refractivity (Wildman–Crippen MR) is 61.3 cm³/mol. The average Bonchev–Trinajstić information content (AvgIpc) is 2.16. The minimum absolute atomic E-state index is 0.487. The van der Waals surface area contributed by atoms with Crippen LogP contribution in [-0.2, 0) is 0 Å². The van der Waals surface area contributed by atoms with E-state index in [2.05, 4.69) is 16.0 Å². The summed E-state index contributed by atoms with van der Waals surface area (Å²) in [5.74, 6) is 0. The van der Waals surface area contributed by atoms with Gasteiger partial charge in [-0.1, -0.05) is 0 Å². The van der Waals surface area contributed by atoms with Crippen molar-refractivity contribution < 1.29 is 0 Å². The van der Waals surface area contributed by atoms with Gasteiger partial charge in [-0.2, -0.15) is 0 Å². The number of thioether (sulfide) groups is 3. The molecule has 0 radical (unpaired) electrons. The maximum absolute atomic E-state index is 3.27. The lowest BCUT2D eigenvalue weighted by Crippen LogP contribution is -2.37. The van der Waals surface area contributed by atoms with Crippen molar-refractivity contribution >= 4 is 35.3 Å². The van der Waals surface area contributed by atoms with Crippen molar-refractivity contribution in [1.82, 2.24) is 16.0 Å². The Morgan fingerprint density at radius 2 is 0.917 bits per heavy atom. The largest absolute Gasteiger partial charge is 0.300 e. The van der Waals surface area contributed by atoms with Gasteiger partial charge in [0.2, 0.25) is 0 Å². The second-order valence-corrected chi connectivity index (χ2v) is 6.81. The topological polar surface area (TPSA) is 36.1 Å². The zero-order chi connectivity index (χ0) is 8.97. The fourth-order valence-electron chi connectivity index (χ4n) is 0.841. The van der Waals surface area contributed by atoms with Crippen LogP contribution in [0.15, 0.2) is 0 Å². The molecule has 6 heteroatoms. The van der Waals surface area contributed by atoms with Crippen LogP contribution >= 0.6 is 35.3 Å². The Morgan fingerprint density at radius 3 is 1.08 bits per heavy atom. The molecule has 0 amide bonds. The van der Waals surface area contributed by atoms with Gasteiger partial charge >= 0.3 is 0 Å². The van der Waals surface area contributed by atoms with E-state index in [4.69, 9.17) is 0 Å². The first-order valence-electron chi connectivity index (χ1n) is 3.78. The summed E-state index contributed by atoms with van der Waals surface area (Å²) in [6.07, 6.45) is 0. The minimum Gasteiger partial charge on any atom is -0.300 e. The summed E-state index contributed by atoms with van der Waals surface area (Å²) in [5.41, 5.74) is 0. The van der Waals surface area contributed by atoms with Gasteiger partial charge in [-0.3, -0.25) is 16.0 Å². The van der Waals surface area contributed by atoms with Gasteiger partial charge in [0.25, 0.3) is 0 Å². The molecular formula is C6H15N3S3. The standard InChI is InChI=1S/C6H15N3S3/c1-7-4-10-5(8-2)12-6(9-3)11-4/h4-9H,1-3H3. The molecule has 0 atom stereocenters. The first-order chi connectivity index (χ1) is 5.80. The molecule has 3 nitrogen and oxygen atoms in total. The Kier molecular flexibility index (Phi) is 5.15. The third-order valence-corrected chi connectivity index (χ3v) is 6.35. The highest BCUT2D eigenvalue weighted by Crippen LogP contribution is 2.42. The van der Waals surface area contributed by atoms with E-state index in [9.17, 15) is 0 Å². The molecule has 1 aliphatic rings. The fourth-order valence-corrected chi connectivity index (χ4v) is 5.73. The van der Waals surface area contributed by atoms with Crippen LogP contribution in [0.2, 0.25) is 0 Å². The summed E-state index contributed by atoms with van der Waals surface area (Å²) in [6.45, 7) is 0. The lowest BCUT2D eigenvalue weighted by molar-refractivity contribution is 0.861. The highest BCUT2D eigenvalue weighted by molar-refractivity contribution is 8.33. The van der Waals surface area contributed by atoms with E-state index in [-0.39, 0.29) is 0 Å². The second kappa shape index (κ2) is 5.62. The van der Waals surface area contributed by atoms with Crippen LogP contribution in [0.4, 0.5) is 0 Å². The SMILES string of the molecule is CNC1SC(NC)SC(NC)S1. The summed E-state index contributed by atoms with van der Waals surface area (Å²) < 4.78 is 1.46. The highest BCUT2D eigenvalue weighted by atomic mass is 32.3. The van der Waals surface area contributed by atoms with Crippen molar-refractivity contribution in [2.24, 2.45) is 0 Å². The molecule has 0 spiro atoms. The summed E-state index contributed by atoms with van der Waals surface area (Å²) in [5, 5.41) is 9.80. The lowest BCUT2D eigenvalue weighted by Gasteiger charge is -2.32. The van der Waals surface area contributed by atoms with Gasteiger partial charge in [0.15, 0.2) is 0 Å². The third-order valence-electron chi connectivity index (χ3n) is 1.45. The monoisotopic (exact) mass is 225 g/mol. The number of hydrogen-bond acceptors (Lipinski definition) is 6. The number of hydrogen-bond donors (Lipinski definition) is 3. The molecule has 1 aliphatic heterocycles. The predicted octanol–water partition coefficient (Wildman–Crippen LogP) is 0.709. The van der Waals surface area contributed by atoms with Gasteiger partial charge in [-0.05, 0) is 21.1 Å². The van der Waals surface area contributed by atoms with E-state index in [1.54, 1.807) is 0 Å². The Hall–Kier alpha value is 0.930. The first-order valence-corrected chi connectivity index (χ1v) is 6.61. The molecule has 0 aromatic heterocycles. The summed E-state index contributed by atoms with van der Waals surface area (Å²) >= 11 is 5.74. The normalized spacial score (nSPS) is 36.8. The molecule has 12 heavy (non-hydrogen) atoms. The molecule has 0 aromatic rings. The van der Waals surface area contributed by atoms with E-state index in [0.29, 0.717) is 14.1 Å². The van der Waals surface area contributed by atoms with Gasteiger partial charge in [0, 0.05) is 0 Å². The van der Waals surface area contributed by atoms with Crippen molar-refractivity contribution in [1.29, 1.82) is 0 Å². The van der Waals surface area contributed by atoms with E-state index in [1.807, 2.05) is 56.4 Å². The van der Waals surface area contributed by atoms with E-state index < -0.39 is 0 Å². The van der Waals surface area contributed by atoms with Crippen LogP contribution in [0.1, 0.15) is 0 Å². The Bertz CT molecular complexity index is 105. The van der Waals surface area contributed by atoms with Gasteiger partial charge < -0.3 is 0 Å². The highest BCUT2D eigenvalue weighted by Gasteiger charge is 2.27. The van der Waals surface area contributed by atoms with E-state index >= 15 is 0 Å². The zero-order valence-electron chi connectivity index (χ0n) is 7.46. The molecule has 1 rings (SSSR count). The lowest BCUT2D eigenvalue weighted by atomic mass is 11.2. The van der Waals surface area contributed by atoms with Crippen LogP contribution in [0.5, 0.6) is 0 Å². The smallest absolute Gasteiger partial charge is 0.105 e. The number of nitrogens with one attached hydrogen (secondary N) is 3. The average molecular weight is 225 g/mol. The third kappa shape index (κ3) is 3.01. The molecule has 0 unspecified atom stereocenters. The van der Waals surface area contributed by atoms with Gasteiger partial charge in [-0.15, -0.1) is 35.3 Å². The molecule has 1 fully saturated rings. The van der Waals surface area contributed by atoms with E-state index in [0.717, 1.165) is 0 Å². The molecule has 0 bridgehead atoms. The van der Waals surface area contributed by atoms with Crippen LogP contribution in [-0.4, -0.2) is 35.3 Å². The zero-order valence-corrected chi connectivity index (χ0v) is 9.91. The Morgan fingerprint density at radius 1 is 0.667 bits per heavy atom. The van der Waals surface area contributed by atoms with Crippen LogP contribution in [0.3, 0.4) is 0 Å². The molecular weight excluding hydrogens is 210 g/mol. The fraction of sp³-hybridized carbons (Fsp3) is 1.00. The first kappa shape index (κ1) is 11.0. The Balaban J connectivity index is 2.41. The summed E-state index contributed by atoms with van der Waals surface area (Å²) in [6, 6.07) is 0. The van der Waals surface area contributed by atoms with Crippen molar-refractivity contribution in [2.45, 2.75) is 14.1 Å². The summed E-state index contributed by atoms with van der Waals surface area (Å²) in [4.78, 5) is 0.